The van der Waals surface area contributed by atoms with Crippen molar-refractivity contribution in [1.82, 2.24) is 5.32 Å². The summed E-state index contributed by atoms with van der Waals surface area (Å²) in [7, 11) is 0. The molecule has 8 heteroatoms. The molecule has 2 N–H and O–H groups in total. The van der Waals surface area contributed by atoms with Crippen molar-refractivity contribution in [2.24, 2.45) is 0 Å². The number of ether oxygens (including phenoxy) is 2. The quantitative estimate of drug-likeness (QED) is 0.728. The Bertz CT molecular complexity index is 677. The minimum absolute atomic E-state index is 0.00979. The van der Waals surface area contributed by atoms with Crippen LogP contribution in [-0.4, -0.2) is 54.8 Å². The van der Waals surface area contributed by atoms with Gasteiger partial charge in [0.2, 0.25) is 5.91 Å². The number of anilines is 1. The van der Waals surface area contributed by atoms with E-state index in [-0.39, 0.29) is 18.4 Å². The molecule has 0 aliphatic carbocycles. The fourth-order valence-corrected chi connectivity index (χ4v) is 2.97. The van der Waals surface area contributed by atoms with E-state index in [1.165, 1.54) is 0 Å². The van der Waals surface area contributed by atoms with Crippen LogP contribution in [0.4, 0.5) is 5.69 Å². The normalized spacial score (nSPS) is 22.2. The fourth-order valence-electron chi connectivity index (χ4n) is 2.97. The standard InChI is InChI=1S/C17H20N2O6/c20-15-10-24-12-5-2-1-4-11(12)19(15)9-3-8-18-16(21)13-6-7-14(25-13)17(22)23/h1-2,4-5,13-14H,3,6-10H2,(H,18,21)(H,22,23)/t13-,14+/m0/s1. The lowest BCUT2D eigenvalue weighted by Gasteiger charge is -2.29. The smallest absolute Gasteiger partial charge is 0.332 e. The highest BCUT2D eigenvalue weighted by Gasteiger charge is 2.34. The average molecular weight is 348 g/mol. The predicted octanol–water partition coefficient (Wildman–Crippen LogP) is 0.550. The van der Waals surface area contributed by atoms with Crippen LogP contribution >= 0.6 is 0 Å². The molecule has 25 heavy (non-hydrogen) atoms. The van der Waals surface area contributed by atoms with Crippen LogP contribution in [0, 0.1) is 0 Å². The lowest BCUT2D eigenvalue weighted by Crippen LogP contribution is -2.41. The first-order valence-electron chi connectivity index (χ1n) is 8.24. The number of nitrogens with zero attached hydrogens (tertiary/aromatic N) is 1. The second-order valence-corrected chi connectivity index (χ2v) is 5.98. The average Bonchev–Trinajstić information content (AvgIpc) is 3.10. The van der Waals surface area contributed by atoms with Gasteiger partial charge in [0.1, 0.15) is 11.9 Å². The number of aliphatic carboxylic acids is 1. The summed E-state index contributed by atoms with van der Waals surface area (Å²) in [6.07, 6.45) is -0.309. The fraction of sp³-hybridized carbons (Fsp3) is 0.471. The van der Waals surface area contributed by atoms with Crippen molar-refractivity contribution in [3.05, 3.63) is 24.3 Å². The van der Waals surface area contributed by atoms with Gasteiger partial charge in [0, 0.05) is 13.1 Å². The first kappa shape index (κ1) is 17.2. The monoisotopic (exact) mass is 348 g/mol. The Kier molecular flexibility index (Phi) is 5.18. The minimum Gasteiger partial charge on any atom is -0.482 e. The van der Waals surface area contributed by atoms with Gasteiger partial charge in [0.15, 0.2) is 12.7 Å². The van der Waals surface area contributed by atoms with Crippen molar-refractivity contribution in [2.75, 3.05) is 24.6 Å². The Balaban J connectivity index is 1.45. The summed E-state index contributed by atoms with van der Waals surface area (Å²) in [6.45, 7) is 0.849. The number of fused-ring (bicyclic) bond motifs is 1. The Labute approximate surface area is 144 Å². The topological polar surface area (TPSA) is 105 Å². The van der Waals surface area contributed by atoms with Crippen LogP contribution in [0.15, 0.2) is 24.3 Å². The van der Waals surface area contributed by atoms with E-state index in [4.69, 9.17) is 14.6 Å². The Morgan fingerprint density at radius 2 is 2.00 bits per heavy atom. The summed E-state index contributed by atoms with van der Waals surface area (Å²) in [4.78, 5) is 36.5. The highest BCUT2D eigenvalue weighted by Crippen LogP contribution is 2.31. The molecule has 1 saturated heterocycles. The van der Waals surface area contributed by atoms with Crippen LogP contribution < -0.4 is 15.0 Å². The number of rotatable bonds is 6. The number of nitrogens with one attached hydrogen (secondary N) is 1. The van der Waals surface area contributed by atoms with Crippen LogP contribution in [0.2, 0.25) is 0 Å². The molecule has 8 nitrogen and oxygen atoms in total. The predicted molar refractivity (Wildman–Crippen MR) is 87.4 cm³/mol. The summed E-state index contributed by atoms with van der Waals surface area (Å²) in [5.74, 6) is -0.795. The van der Waals surface area contributed by atoms with E-state index in [1.807, 2.05) is 24.3 Å². The third-order valence-electron chi connectivity index (χ3n) is 4.25. The van der Waals surface area contributed by atoms with Crippen molar-refractivity contribution in [3.63, 3.8) is 0 Å². The van der Waals surface area contributed by atoms with Crippen molar-refractivity contribution >= 4 is 23.5 Å². The molecular formula is C17H20N2O6. The van der Waals surface area contributed by atoms with Gasteiger partial charge in [-0.2, -0.15) is 0 Å². The molecule has 0 saturated carbocycles. The molecule has 3 rings (SSSR count). The van der Waals surface area contributed by atoms with E-state index in [0.29, 0.717) is 38.1 Å². The third kappa shape index (κ3) is 3.90. The number of amides is 2. The molecule has 134 valence electrons. The largest absolute Gasteiger partial charge is 0.482 e. The lowest BCUT2D eigenvalue weighted by atomic mass is 10.2. The number of carbonyl (C=O) groups is 3. The SMILES string of the molecule is O=C(NCCCN1C(=O)COc2ccccc21)[C@@H]1CC[C@H](C(=O)O)O1. The second-order valence-electron chi connectivity index (χ2n) is 5.98. The number of carboxylic acids is 1. The van der Waals surface area contributed by atoms with E-state index >= 15 is 0 Å². The molecule has 2 amide bonds. The van der Waals surface area contributed by atoms with E-state index in [2.05, 4.69) is 5.32 Å². The maximum atomic E-state index is 12.0. The summed E-state index contributed by atoms with van der Waals surface area (Å²) < 4.78 is 10.6. The Morgan fingerprint density at radius 1 is 1.24 bits per heavy atom. The van der Waals surface area contributed by atoms with E-state index < -0.39 is 18.2 Å². The number of carbonyl (C=O) groups excluding carboxylic acids is 2. The highest BCUT2D eigenvalue weighted by atomic mass is 16.5. The van der Waals surface area contributed by atoms with Crippen LogP contribution in [0.5, 0.6) is 5.75 Å². The van der Waals surface area contributed by atoms with E-state index in [0.717, 1.165) is 5.69 Å². The molecule has 0 spiro atoms. The van der Waals surface area contributed by atoms with Crippen molar-refractivity contribution < 1.29 is 29.0 Å². The molecule has 1 aromatic rings. The second kappa shape index (κ2) is 7.52. The molecule has 2 heterocycles. The highest BCUT2D eigenvalue weighted by molar-refractivity contribution is 5.97. The minimum atomic E-state index is -1.04. The van der Waals surface area contributed by atoms with Gasteiger partial charge < -0.3 is 24.8 Å². The first-order chi connectivity index (χ1) is 12.1. The van der Waals surface area contributed by atoms with Gasteiger partial charge in [-0.15, -0.1) is 0 Å². The summed E-state index contributed by atoms with van der Waals surface area (Å²) in [5.41, 5.74) is 0.730. The summed E-state index contributed by atoms with van der Waals surface area (Å²) in [6, 6.07) is 7.32. The van der Waals surface area contributed by atoms with Gasteiger partial charge in [0.05, 0.1) is 5.69 Å². The van der Waals surface area contributed by atoms with Gasteiger partial charge in [-0.25, -0.2) is 4.79 Å². The Hall–Kier alpha value is -2.61. The molecule has 0 unspecified atom stereocenters. The van der Waals surface area contributed by atoms with Crippen LogP contribution in [0.1, 0.15) is 19.3 Å². The molecule has 2 aliphatic heterocycles. The maximum Gasteiger partial charge on any atom is 0.332 e. The van der Waals surface area contributed by atoms with Crippen LogP contribution in [-0.2, 0) is 19.1 Å². The number of carboxylic acid groups (broad SMARTS) is 1. The zero-order valence-corrected chi connectivity index (χ0v) is 13.6. The molecular weight excluding hydrogens is 328 g/mol. The number of para-hydroxylation sites is 2. The molecule has 2 aliphatic rings. The summed E-state index contributed by atoms with van der Waals surface area (Å²) in [5, 5.41) is 11.6. The molecule has 0 radical (unpaired) electrons. The number of hydrogen-bond donors (Lipinski definition) is 2. The van der Waals surface area contributed by atoms with Crippen molar-refractivity contribution in [2.45, 2.75) is 31.5 Å². The molecule has 1 aromatic carbocycles. The Morgan fingerprint density at radius 3 is 2.76 bits per heavy atom. The zero-order valence-electron chi connectivity index (χ0n) is 13.6. The van der Waals surface area contributed by atoms with Gasteiger partial charge >= 0.3 is 5.97 Å². The van der Waals surface area contributed by atoms with Crippen molar-refractivity contribution in [1.29, 1.82) is 0 Å². The number of hydrogen-bond acceptors (Lipinski definition) is 5. The third-order valence-corrected chi connectivity index (χ3v) is 4.25. The maximum absolute atomic E-state index is 12.0. The van der Waals surface area contributed by atoms with Gasteiger partial charge in [0.25, 0.3) is 5.91 Å². The van der Waals surface area contributed by atoms with Crippen LogP contribution in [0.25, 0.3) is 0 Å². The van der Waals surface area contributed by atoms with Gasteiger partial charge in [-0.1, -0.05) is 12.1 Å². The molecule has 1 fully saturated rings. The first-order valence-corrected chi connectivity index (χ1v) is 8.24. The van der Waals surface area contributed by atoms with Gasteiger partial charge in [-0.3, -0.25) is 9.59 Å². The van der Waals surface area contributed by atoms with Crippen LogP contribution in [0.3, 0.4) is 0 Å². The van der Waals surface area contributed by atoms with E-state index in [1.54, 1.807) is 4.90 Å². The van der Waals surface area contributed by atoms with Crippen molar-refractivity contribution in [3.8, 4) is 5.75 Å². The number of benzene rings is 1. The molecule has 2 atom stereocenters. The molecule has 0 aromatic heterocycles. The zero-order chi connectivity index (χ0) is 17.8. The van der Waals surface area contributed by atoms with E-state index in [9.17, 15) is 14.4 Å². The lowest BCUT2D eigenvalue weighted by molar-refractivity contribution is -0.151. The summed E-state index contributed by atoms with van der Waals surface area (Å²) >= 11 is 0. The molecule has 0 bridgehead atoms. The van der Waals surface area contributed by atoms with Gasteiger partial charge in [-0.05, 0) is 31.4 Å².